The number of aryl methyl sites for hydroxylation is 1. The average Bonchev–Trinajstić information content (AvgIpc) is 2.97. The Morgan fingerprint density at radius 3 is 2.95 bits per heavy atom. The van der Waals surface area contributed by atoms with Crippen LogP contribution in [0, 0.1) is 6.92 Å². The third-order valence-electron chi connectivity index (χ3n) is 4.62. The summed E-state index contributed by atoms with van der Waals surface area (Å²) in [5, 5.41) is 3.36. The molecule has 2 saturated heterocycles. The first-order valence-electron chi connectivity index (χ1n) is 8.19. The third kappa shape index (κ3) is 2.90. The Hall–Kier alpha value is -1.20. The molecule has 5 nitrogen and oxygen atoms in total. The summed E-state index contributed by atoms with van der Waals surface area (Å²) in [5.41, 5.74) is 2.29. The zero-order chi connectivity index (χ0) is 14.8. The molecule has 0 aliphatic carbocycles. The standard InChI is InChI=1S/C16H26N4O/c1-4-13-11(3)15(17-5-2)19-16(18-13)14-9-20-8-6-7-12(20)10-21-14/h12,14H,4-10H2,1-3H3,(H,17,18,19). The molecule has 3 rings (SSSR count). The van der Waals surface area contributed by atoms with Crippen LogP contribution in [-0.4, -0.2) is 47.2 Å². The van der Waals surface area contributed by atoms with Crippen molar-refractivity contribution in [3.63, 3.8) is 0 Å². The maximum absolute atomic E-state index is 6.06. The zero-order valence-corrected chi connectivity index (χ0v) is 13.4. The first-order chi connectivity index (χ1) is 10.2. The lowest BCUT2D eigenvalue weighted by molar-refractivity contribution is -0.0541. The van der Waals surface area contributed by atoms with Crippen LogP contribution in [0.3, 0.4) is 0 Å². The summed E-state index contributed by atoms with van der Waals surface area (Å²) in [6.45, 7) is 10.2. The van der Waals surface area contributed by atoms with Crippen LogP contribution < -0.4 is 5.32 Å². The van der Waals surface area contributed by atoms with Crippen LogP contribution in [0.5, 0.6) is 0 Å². The highest BCUT2D eigenvalue weighted by molar-refractivity contribution is 5.46. The highest BCUT2D eigenvalue weighted by Crippen LogP contribution is 2.30. The van der Waals surface area contributed by atoms with Gasteiger partial charge in [-0.3, -0.25) is 4.90 Å². The maximum Gasteiger partial charge on any atom is 0.161 e. The molecule has 21 heavy (non-hydrogen) atoms. The van der Waals surface area contributed by atoms with Crippen LogP contribution in [0.2, 0.25) is 0 Å². The average molecular weight is 290 g/mol. The summed E-state index contributed by atoms with van der Waals surface area (Å²) in [5.74, 6) is 1.81. The molecule has 1 N–H and O–H groups in total. The number of aromatic nitrogens is 2. The van der Waals surface area contributed by atoms with E-state index < -0.39 is 0 Å². The van der Waals surface area contributed by atoms with Crippen molar-refractivity contribution in [3.8, 4) is 0 Å². The van der Waals surface area contributed by atoms with Crippen molar-refractivity contribution < 1.29 is 4.74 Å². The number of ether oxygens (including phenoxy) is 1. The number of nitrogens with one attached hydrogen (secondary N) is 1. The van der Waals surface area contributed by atoms with Crippen molar-refractivity contribution >= 4 is 5.82 Å². The second kappa shape index (κ2) is 6.28. The van der Waals surface area contributed by atoms with Crippen LogP contribution in [0.1, 0.15) is 49.9 Å². The summed E-state index contributed by atoms with van der Waals surface area (Å²) in [7, 11) is 0. The lowest BCUT2D eigenvalue weighted by atomic mass is 10.1. The van der Waals surface area contributed by atoms with Crippen molar-refractivity contribution in [2.24, 2.45) is 0 Å². The summed E-state index contributed by atoms with van der Waals surface area (Å²) >= 11 is 0. The van der Waals surface area contributed by atoms with Gasteiger partial charge in [0.1, 0.15) is 11.9 Å². The van der Waals surface area contributed by atoms with Gasteiger partial charge in [-0.15, -0.1) is 0 Å². The summed E-state index contributed by atoms with van der Waals surface area (Å²) < 4.78 is 6.06. The highest BCUT2D eigenvalue weighted by Gasteiger charge is 2.34. The minimum atomic E-state index is 0.0163. The number of hydrogen-bond acceptors (Lipinski definition) is 5. The van der Waals surface area contributed by atoms with Crippen LogP contribution in [0.25, 0.3) is 0 Å². The quantitative estimate of drug-likeness (QED) is 0.922. The molecule has 0 bridgehead atoms. The minimum absolute atomic E-state index is 0.0163. The first kappa shape index (κ1) is 14.7. The van der Waals surface area contributed by atoms with Gasteiger partial charge in [0.25, 0.3) is 0 Å². The molecule has 0 saturated carbocycles. The molecule has 1 aromatic rings. The largest absolute Gasteiger partial charge is 0.370 e. The summed E-state index contributed by atoms with van der Waals surface area (Å²) in [6, 6.07) is 0.616. The number of nitrogens with zero attached hydrogens (tertiary/aromatic N) is 3. The Morgan fingerprint density at radius 1 is 1.33 bits per heavy atom. The fourth-order valence-electron chi connectivity index (χ4n) is 3.38. The van der Waals surface area contributed by atoms with Gasteiger partial charge in [0.2, 0.25) is 0 Å². The molecule has 2 fully saturated rings. The van der Waals surface area contributed by atoms with Gasteiger partial charge < -0.3 is 10.1 Å². The molecule has 0 radical (unpaired) electrons. The predicted molar refractivity (Wildman–Crippen MR) is 83.6 cm³/mol. The van der Waals surface area contributed by atoms with Gasteiger partial charge in [0.15, 0.2) is 5.82 Å². The van der Waals surface area contributed by atoms with E-state index in [0.29, 0.717) is 6.04 Å². The predicted octanol–water partition coefficient (Wildman–Crippen LogP) is 2.31. The Bertz CT molecular complexity index is 505. The van der Waals surface area contributed by atoms with Crippen LogP contribution in [-0.2, 0) is 11.2 Å². The molecule has 2 unspecified atom stereocenters. The minimum Gasteiger partial charge on any atom is -0.370 e. The topological polar surface area (TPSA) is 50.3 Å². The van der Waals surface area contributed by atoms with Gasteiger partial charge in [-0.2, -0.15) is 0 Å². The number of fused-ring (bicyclic) bond motifs is 1. The summed E-state index contributed by atoms with van der Waals surface area (Å²) in [4.78, 5) is 12.0. The van der Waals surface area contributed by atoms with E-state index in [9.17, 15) is 0 Å². The molecule has 0 spiro atoms. The fraction of sp³-hybridized carbons (Fsp3) is 0.750. The van der Waals surface area contributed by atoms with Crippen LogP contribution >= 0.6 is 0 Å². The van der Waals surface area contributed by atoms with Crippen LogP contribution in [0.4, 0.5) is 5.82 Å². The SMILES string of the molecule is CCNc1nc(C2CN3CCCC3CO2)nc(CC)c1C. The summed E-state index contributed by atoms with van der Waals surface area (Å²) in [6.07, 6.45) is 3.50. The van der Waals surface area contributed by atoms with Gasteiger partial charge in [-0.05, 0) is 39.7 Å². The maximum atomic E-state index is 6.06. The molecular weight excluding hydrogens is 264 g/mol. The third-order valence-corrected chi connectivity index (χ3v) is 4.62. The number of anilines is 1. The van der Waals surface area contributed by atoms with E-state index in [-0.39, 0.29) is 6.10 Å². The smallest absolute Gasteiger partial charge is 0.161 e. The molecule has 1 aromatic heterocycles. The monoisotopic (exact) mass is 290 g/mol. The Labute approximate surface area is 127 Å². The zero-order valence-electron chi connectivity index (χ0n) is 13.4. The Kier molecular flexibility index (Phi) is 4.40. The molecule has 0 amide bonds. The number of morpholine rings is 1. The first-order valence-corrected chi connectivity index (χ1v) is 8.19. The molecule has 2 aliphatic rings. The second-order valence-corrected chi connectivity index (χ2v) is 6.00. The Balaban J connectivity index is 1.85. The lowest BCUT2D eigenvalue weighted by Gasteiger charge is -2.34. The van der Waals surface area contributed by atoms with E-state index >= 15 is 0 Å². The Morgan fingerprint density at radius 2 is 2.19 bits per heavy atom. The van der Waals surface area contributed by atoms with Crippen molar-refractivity contribution in [3.05, 3.63) is 17.1 Å². The molecule has 2 aliphatic heterocycles. The van der Waals surface area contributed by atoms with Crippen molar-refractivity contribution in [2.75, 3.05) is 31.6 Å². The number of rotatable bonds is 4. The van der Waals surface area contributed by atoms with E-state index in [1.807, 2.05) is 0 Å². The molecule has 0 aromatic carbocycles. The van der Waals surface area contributed by atoms with Crippen molar-refractivity contribution in [1.82, 2.24) is 14.9 Å². The van der Waals surface area contributed by atoms with Gasteiger partial charge in [0.05, 0.1) is 6.61 Å². The van der Waals surface area contributed by atoms with Gasteiger partial charge in [-0.25, -0.2) is 9.97 Å². The van der Waals surface area contributed by atoms with Crippen LogP contribution in [0.15, 0.2) is 0 Å². The van der Waals surface area contributed by atoms with Crippen molar-refractivity contribution in [1.29, 1.82) is 0 Å². The van der Waals surface area contributed by atoms with Crippen molar-refractivity contribution in [2.45, 2.75) is 52.2 Å². The van der Waals surface area contributed by atoms with E-state index in [2.05, 4.69) is 31.0 Å². The van der Waals surface area contributed by atoms with E-state index in [1.165, 1.54) is 19.4 Å². The van der Waals surface area contributed by atoms with E-state index in [1.54, 1.807) is 0 Å². The lowest BCUT2D eigenvalue weighted by Crippen LogP contribution is -2.43. The van der Waals surface area contributed by atoms with E-state index in [0.717, 1.165) is 49.0 Å². The van der Waals surface area contributed by atoms with Gasteiger partial charge in [-0.1, -0.05) is 6.92 Å². The van der Waals surface area contributed by atoms with Gasteiger partial charge in [0, 0.05) is 30.4 Å². The van der Waals surface area contributed by atoms with E-state index in [4.69, 9.17) is 14.7 Å². The van der Waals surface area contributed by atoms with Gasteiger partial charge >= 0.3 is 0 Å². The molecule has 2 atom stereocenters. The molecule has 116 valence electrons. The molecule has 5 heteroatoms. The number of hydrogen-bond donors (Lipinski definition) is 1. The fourth-order valence-corrected chi connectivity index (χ4v) is 3.38. The molecular formula is C16H26N4O. The highest BCUT2D eigenvalue weighted by atomic mass is 16.5. The normalized spacial score (nSPS) is 25.9. The molecule has 3 heterocycles. The second-order valence-electron chi connectivity index (χ2n) is 6.00.